The molecule has 1 aromatic heterocycles. The van der Waals surface area contributed by atoms with E-state index in [9.17, 15) is 9.59 Å². The minimum Gasteiger partial charge on any atom is -0.480 e. The van der Waals surface area contributed by atoms with Gasteiger partial charge in [0.05, 0.1) is 5.88 Å². The lowest BCUT2D eigenvalue weighted by molar-refractivity contribution is -0.140. The Morgan fingerprint density at radius 1 is 1.55 bits per heavy atom. The van der Waals surface area contributed by atoms with Crippen molar-refractivity contribution in [2.45, 2.75) is 25.8 Å². The number of amides is 1. The molecule has 1 atom stereocenters. The lowest BCUT2D eigenvalue weighted by Gasteiger charge is -2.20. The summed E-state index contributed by atoms with van der Waals surface area (Å²) in [6.07, 6.45) is 1.64. The zero-order valence-corrected chi connectivity index (χ0v) is 12.6. The first-order chi connectivity index (χ1) is 9.52. The van der Waals surface area contributed by atoms with Gasteiger partial charge in [-0.15, -0.1) is 11.8 Å². The SMILES string of the molecule is CCCc1cc(C(=O)N2CSC[C@H]2C(=O)O)cc(Cl)n1. The Kier molecular flexibility index (Phi) is 4.88. The fourth-order valence-corrected chi connectivity index (χ4v) is 3.44. The Morgan fingerprint density at radius 2 is 2.30 bits per heavy atom. The van der Waals surface area contributed by atoms with Crippen LogP contribution in [0, 0.1) is 0 Å². The molecular weight excluding hydrogens is 300 g/mol. The second kappa shape index (κ2) is 6.45. The van der Waals surface area contributed by atoms with Crippen LogP contribution in [-0.4, -0.2) is 44.5 Å². The van der Waals surface area contributed by atoms with Crippen LogP contribution in [0.2, 0.25) is 5.15 Å². The first-order valence-electron chi connectivity index (χ1n) is 6.31. The fourth-order valence-electron chi connectivity index (χ4n) is 2.07. The molecule has 1 saturated heterocycles. The lowest BCUT2D eigenvalue weighted by atomic mass is 10.1. The molecule has 1 amide bonds. The second-order valence-corrected chi connectivity index (χ2v) is 5.94. The zero-order valence-electron chi connectivity index (χ0n) is 11.0. The number of aromatic nitrogens is 1. The van der Waals surface area contributed by atoms with Crippen molar-refractivity contribution in [3.05, 3.63) is 28.5 Å². The highest BCUT2D eigenvalue weighted by Crippen LogP contribution is 2.24. The van der Waals surface area contributed by atoms with E-state index in [1.807, 2.05) is 6.92 Å². The second-order valence-electron chi connectivity index (χ2n) is 4.55. The maximum atomic E-state index is 12.4. The van der Waals surface area contributed by atoms with Gasteiger partial charge in [0.1, 0.15) is 11.2 Å². The number of carboxylic acids is 1. The van der Waals surface area contributed by atoms with E-state index in [1.54, 1.807) is 6.07 Å². The molecule has 0 saturated carbocycles. The predicted octanol–water partition coefficient (Wildman–Crippen LogP) is 2.29. The number of pyridine rings is 1. The molecule has 5 nitrogen and oxygen atoms in total. The van der Waals surface area contributed by atoms with Gasteiger partial charge < -0.3 is 10.0 Å². The molecule has 20 heavy (non-hydrogen) atoms. The molecule has 1 N–H and O–H groups in total. The predicted molar refractivity (Wildman–Crippen MR) is 78.2 cm³/mol. The molecule has 1 aliphatic rings. The Balaban J connectivity index is 2.26. The lowest BCUT2D eigenvalue weighted by Crippen LogP contribution is -2.41. The molecule has 1 aromatic rings. The van der Waals surface area contributed by atoms with Crippen molar-refractivity contribution in [1.82, 2.24) is 9.88 Å². The summed E-state index contributed by atoms with van der Waals surface area (Å²) in [7, 11) is 0. The first-order valence-corrected chi connectivity index (χ1v) is 7.84. The smallest absolute Gasteiger partial charge is 0.327 e. The Labute approximate surface area is 126 Å². The number of carboxylic acid groups (broad SMARTS) is 1. The number of aliphatic carboxylic acids is 1. The Hall–Kier alpha value is -1.27. The summed E-state index contributed by atoms with van der Waals surface area (Å²) >= 11 is 7.37. The zero-order chi connectivity index (χ0) is 14.7. The third-order valence-corrected chi connectivity index (χ3v) is 4.23. The van der Waals surface area contributed by atoms with Crippen molar-refractivity contribution in [2.75, 3.05) is 11.6 Å². The molecule has 0 aliphatic carbocycles. The summed E-state index contributed by atoms with van der Waals surface area (Å²) in [4.78, 5) is 29.1. The van der Waals surface area contributed by atoms with Crippen LogP contribution in [0.4, 0.5) is 0 Å². The number of hydrogen-bond donors (Lipinski definition) is 1. The minimum atomic E-state index is -0.975. The van der Waals surface area contributed by atoms with E-state index in [4.69, 9.17) is 16.7 Å². The van der Waals surface area contributed by atoms with Gasteiger partial charge in [-0.1, -0.05) is 24.9 Å². The average Bonchev–Trinajstić information content (AvgIpc) is 2.86. The molecule has 7 heteroatoms. The quantitative estimate of drug-likeness (QED) is 0.863. The number of hydrogen-bond acceptors (Lipinski definition) is 4. The summed E-state index contributed by atoms with van der Waals surface area (Å²) in [6.45, 7) is 2.02. The fraction of sp³-hybridized carbons (Fsp3) is 0.462. The van der Waals surface area contributed by atoms with Gasteiger partial charge in [-0.25, -0.2) is 9.78 Å². The third kappa shape index (κ3) is 3.24. The molecule has 0 spiro atoms. The van der Waals surface area contributed by atoms with Gasteiger partial charge in [-0.2, -0.15) is 0 Å². The van der Waals surface area contributed by atoms with E-state index in [0.717, 1.165) is 18.5 Å². The van der Waals surface area contributed by atoms with Gasteiger partial charge >= 0.3 is 5.97 Å². The van der Waals surface area contributed by atoms with Crippen LogP contribution >= 0.6 is 23.4 Å². The molecule has 1 aliphatic heterocycles. The van der Waals surface area contributed by atoms with Gasteiger partial charge in [0.15, 0.2) is 0 Å². The van der Waals surface area contributed by atoms with Gasteiger partial charge in [-0.05, 0) is 18.6 Å². The van der Waals surface area contributed by atoms with Gasteiger partial charge in [0, 0.05) is 17.0 Å². The van der Waals surface area contributed by atoms with Gasteiger partial charge in [0.25, 0.3) is 5.91 Å². The highest BCUT2D eigenvalue weighted by atomic mass is 35.5. The highest BCUT2D eigenvalue weighted by molar-refractivity contribution is 7.99. The van der Waals surface area contributed by atoms with Crippen molar-refractivity contribution < 1.29 is 14.7 Å². The molecule has 2 rings (SSSR count). The average molecular weight is 315 g/mol. The van der Waals surface area contributed by atoms with Crippen molar-refractivity contribution in [1.29, 1.82) is 0 Å². The van der Waals surface area contributed by atoms with Crippen LogP contribution in [0.15, 0.2) is 12.1 Å². The van der Waals surface area contributed by atoms with Crippen LogP contribution in [-0.2, 0) is 11.2 Å². The van der Waals surface area contributed by atoms with E-state index < -0.39 is 12.0 Å². The molecule has 108 valence electrons. The van der Waals surface area contributed by atoms with E-state index in [1.165, 1.54) is 22.7 Å². The molecule has 0 aromatic carbocycles. The minimum absolute atomic E-state index is 0.262. The van der Waals surface area contributed by atoms with Crippen LogP contribution in [0.25, 0.3) is 0 Å². The van der Waals surface area contributed by atoms with Crippen LogP contribution < -0.4 is 0 Å². The van der Waals surface area contributed by atoms with Crippen LogP contribution in [0.5, 0.6) is 0 Å². The summed E-state index contributed by atoms with van der Waals surface area (Å²) in [6, 6.07) is 2.42. The summed E-state index contributed by atoms with van der Waals surface area (Å²) in [5.74, 6) is -0.470. The van der Waals surface area contributed by atoms with Crippen molar-refractivity contribution >= 4 is 35.2 Å². The number of rotatable bonds is 4. The van der Waals surface area contributed by atoms with Crippen LogP contribution in [0.3, 0.4) is 0 Å². The number of thioether (sulfide) groups is 1. The van der Waals surface area contributed by atoms with Crippen molar-refractivity contribution in [2.24, 2.45) is 0 Å². The molecule has 2 heterocycles. The third-order valence-electron chi connectivity index (χ3n) is 3.03. The van der Waals surface area contributed by atoms with Gasteiger partial charge in [-0.3, -0.25) is 4.79 Å². The molecular formula is C13H15ClN2O3S. The maximum absolute atomic E-state index is 12.4. The highest BCUT2D eigenvalue weighted by Gasteiger charge is 2.35. The van der Waals surface area contributed by atoms with Crippen LogP contribution in [0.1, 0.15) is 29.4 Å². The normalized spacial score (nSPS) is 18.3. The molecule has 1 fully saturated rings. The number of carbonyl (C=O) groups is 2. The standard InChI is InChI=1S/C13H15ClN2O3S/c1-2-3-9-4-8(5-11(14)15-9)12(17)16-7-20-6-10(16)13(18)19/h4-5,10H,2-3,6-7H2,1H3,(H,18,19)/t10-/m0/s1. The van der Waals surface area contributed by atoms with E-state index >= 15 is 0 Å². The number of carbonyl (C=O) groups excluding carboxylic acids is 1. The molecule has 0 unspecified atom stereocenters. The maximum Gasteiger partial charge on any atom is 0.327 e. The monoisotopic (exact) mass is 314 g/mol. The van der Waals surface area contributed by atoms with Gasteiger partial charge in [0.2, 0.25) is 0 Å². The summed E-state index contributed by atoms with van der Waals surface area (Å²) in [5.41, 5.74) is 1.16. The van der Waals surface area contributed by atoms with E-state index in [0.29, 0.717) is 17.2 Å². The molecule has 0 bridgehead atoms. The Bertz CT molecular complexity index is 538. The summed E-state index contributed by atoms with van der Waals surface area (Å²) in [5, 5.41) is 9.39. The number of nitrogens with zero attached hydrogens (tertiary/aromatic N) is 2. The van der Waals surface area contributed by atoms with E-state index in [-0.39, 0.29) is 11.1 Å². The number of aryl methyl sites for hydroxylation is 1. The van der Waals surface area contributed by atoms with Crippen molar-refractivity contribution in [3.63, 3.8) is 0 Å². The summed E-state index contributed by atoms with van der Waals surface area (Å²) < 4.78 is 0. The van der Waals surface area contributed by atoms with Crippen molar-refractivity contribution in [3.8, 4) is 0 Å². The Morgan fingerprint density at radius 3 is 2.95 bits per heavy atom. The van der Waals surface area contributed by atoms with E-state index in [2.05, 4.69) is 4.98 Å². The molecule has 0 radical (unpaired) electrons. The topological polar surface area (TPSA) is 70.5 Å². The largest absolute Gasteiger partial charge is 0.480 e. The first kappa shape index (κ1) is 15.1. The number of halogens is 1.